The quantitative estimate of drug-likeness (QED) is 0.854. The third-order valence-electron chi connectivity index (χ3n) is 3.62. The monoisotopic (exact) mass is 270 g/mol. The van der Waals surface area contributed by atoms with Crippen molar-refractivity contribution in [2.24, 2.45) is 7.05 Å². The Hall–Kier alpha value is -2.62. The van der Waals surface area contributed by atoms with E-state index in [2.05, 4.69) is 20.5 Å². The summed E-state index contributed by atoms with van der Waals surface area (Å²) in [5.74, 6) is -0.215. The highest BCUT2D eigenvalue weighted by Gasteiger charge is 2.28. The molecule has 0 fully saturated rings. The third-order valence-corrected chi connectivity index (χ3v) is 3.62. The fourth-order valence-electron chi connectivity index (χ4n) is 2.59. The Balaban J connectivity index is 1.77. The van der Waals surface area contributed by atoms with Crippen molar-refractivity contribution in [3.63, 3.8) is 0 Å². The molecule has 0 radical (unpaired) electrons. The Labute approximate surface area is 115 Å². The van der Waals surface area contributed by atoms with Gasteiger partial charge in [0.15, 0.2) is 0 Å². The lowest BCUT2D eigenvalue weighted by Crippen LogP contribution is -2.27. The first kappa shape index (κ1) is 12.4. The molecule has 2 heterocycles. The number of aromatic amines is 1. The molecule has 2 aromatic heterocycles. The largest absolute Gasteiger partial charge is 0.343 e. The topological polar surface area (TPSA) is 99.4 Å². The second kappa shape index (κ2) is 4.81. The Kier molecular flexibility index (Phi) is 2.99. The predicted molar refractivity (Wildman–Crippen MR) is 69.6 cm³/mol. The maximum atomic E-state index is 12.3. The van der Waals surface area contributed by atoms with Crippen LogP contribution in [0, 0.1) is 11.3 Å². The Morgan fingerprint density at radius 1 is 1.70 bits per heavy atom. The predicted octanol–water partition coefficient (Wildman–Crippen LogP) is 0.627. The van der Waals surface area contributed by atoms with E-state index in [1.165, 1.54) is 11.9 Å². The van der Waals surface area contributed by atoms with Gasteiger partial charge in [-0.2, -0.15) is 10.4 Å². The standard InChI is InChI=1S/C13H14N6O/c1-19-7-15-12-10(2-3-11(12)19)17-13(20)8-6-16-18-9(8)4-5-14/h6-7,10H,2-4H2,1H3,(H,16,18)(H,17,20)/t10-/m1/s1. The van der Waals surface area contributed by atoms with Crippen molar-refractivity contribution in [2.45, 2.75) is 25.3 Å². The van der Waals surface area contributed by atoms with E-state index >= 15 is 0 Å². The summed E-state index contributed by atoms with van der Waals surface area (Å²) in [5, 5.41) is 18.2. The highest BCUT2D eigenvalue weighted by atomic mass is 16.1. The van der Waals surface area contributed by atoms with Gasteiger partial charge in [0.1, 0.15) is 0 Å². The van der Waals surface area contributed by atoms with Crippen LogP contribution in [0.5, 0.6) is 0 Å². The molecule has 1 aliphatic rings. The lowest BCUT2D eigenvalue weighted by molar-refractivity contribution is 0.0935. The molecule has 1 aliphatic carbocycles. The zero-order chi connectivity index (χ0) is 14.1. The Morgan fingerprint density at radius 2 is 2.55 bits per heavy atom. The summed E-state index contributed by atoms with van der Waals surface area (Å²) in [6.45, 7) is 0. The molecule has 0 spiro atoms. The summed E-state index contributed by atoms with van der Waals surface area (Å²) in [4.78, 5) is 16.6. The van der Waals surface area contributed by atoms with Gasteiger partial charge in [0.25, 0.3) is 5.91 Å². The molecule has 2 N–H and O–H groups in total. The van der Waals surface area contributed by atoms with Crippen LogP contribution in [0.25, 0.3) is 0 Å². The van der Waals surface area contributed by atoms with Crippen molar-refractivity contribution in [2.75, 3.05) is 0 Å². The number of aryl methyl sites for hydroxylation is 1. The number of fused-ring (bicyclic) bond motifs is 1. The minimum atomic E-state index is -0.215. The summed E-state index contributed by atoms with van der Waals surface area (Å²) in [6, 6.07) is 1.94. The van der Waals surface area contributed by atoms with Gasteiger partial charge in [0, 0.05) is 12.7 Å². The maximum Gasteiger partial charge on any atom is 0.255 e. The number of carbonyl (C=O) groups is 1. The molecular weight excluding hydrogens is 256 g/mol. The highest BCUT2D eigenvalue weighted by Crippen LogP contribution is 2.29. The number of aromatic nitrogens is 4. The molecule has 102 valence electrons. The number of nitrogens with zero attached hydrogens (tertiary/aromatic N) is 4. The zero-order valence-corrected chi connectivity index (χ0v) is 11.1. The number of amides is 1. The van der Waals surface area contributed by atoms with Crippen molar-refractivity contribution >= 4 is 5.91 Å². The first-order chi connectivity index (χ1) is 9.70. The number of nitriles is 1. The van der Waals surface area contributed by atoms with Crippen molar-refractivity contribution in [1.29, 1.82) is 5.26 Å². The van der Waals surface area contributed by atoms with Gasteiger partial charge in [-0.25, -0.2) is 4.98 Å². The number of hydrogen-bond acceptors (Lipinski definition) is 4. The molecule has 0 bridgehead atoms. The second-order valence-electron chi connectivity index (χ2n) is 4.85. The molecule has 0 aromatic carbocycles. The van der Waals surface area contributed by atoms with E-state index in [4.69, 9.17) is 5.26 Å². The van der Waals surface area contributed by atoms with Crippen molar-refractivity contribution in [3.8, 4) is 6.07 Å². The lowest BCUT2D eigenvalue weighted by atomic mass is 10.1. The molecular formula is C13H14N6O. The van der Waals surface area contributed by atoms with Crippen LogP contribution in [0.3, 0.4) is 0 Å². The second-order valence-corrected chi connectivity index (χ2v) is 4.85. The average molecular weight is 270 g/mol. The molecule has 1 amide bonds. The molecule has 20 heavy (non-hydrogen) atoms. The Morgan fingerprint density at radius 3 is 3.35 bits per heavy atom. The summed E-state index contributed by atoms with van der Waals surface area (Å²) in [7, 11) is 1.96. The van der Waals surface area contributed by atoms with E-state index in [0.29, 0.717) is 11.3 Å². The molecule has 3 rings (SSSR count). The summed E-state index contributed by atoms with van der Waals surface area (Å²) < 4.78 is 1.99. The van der Waals surface area contributed by atoms with Gasteiger partial charge in [-0.1, -0.05) is 0 Å². The molecule has 7 heteroatoms. The smallest absolute Gasteiger partial charge is 0.255 e. The van der Waals surface area contributed by atoms with Crippen LogP contribution in [0.2, 0.25) is 0 Å². The summed E-state index contributed by atoms with van der Waals surface area (Å²) in [5.41, 5.74) is 3.08. The van der Waals surface area contributed by atoms with Gasteiger partial charge in [-0.05, 0) is 12.8 Å². The van der Waals surface area contributed by atoms with E-state index in [1.807, 2.05) is 17.7 Å². The number of hydrogen-bond donors (Lipinski definition) is 2. The first-order valence-corrected chi connectivity index (χ1v) is 6.41. The van der Waals surface area contributed by atoms with Gasteiger partial charge < -0.3 is 9.88 Å². The molecule has 0 aliphatic heterocycles. The molecule has 1 atom stereocenters. The fourth-order valence-corrected chi connectivity index (χ4v) is 2.59. The number of rotatable bonds is 3. The highest BCUT2D eigenvalue weighted by molar-refractivity contribution is 5.95. The van der Waals surface area contributed by atoms with Gasteiger partial charge in [0.2, 0.25) is 0 Å². The van der Waals surface area contributed by atoms with Crippen molar-refractivity contribution in [1.82, 2.24) is 25.1 Å². The normalized spacial score (nSPS) is 16.7. The maximum absolute atomic E-state index is 12.3. The van der Waals surface area contributed by atoms with Crippen LogP contribution in [-0.2, 0) is 19.9 Å². The molecule has 7 nitrogen and oxygen atoms in total. The minimum Gasteiger partial charge on any atom is -0.343 e. The van der Waals surface area contributed by atoms with Crippen LogP contribution >= 0.6 is 0 Å². The van der Waals surface area contributed by atoms with Gasteiger partial charge in [-0.3, -0.25) is 9.89 Å². The fraction of sp³-hybridized carbons (Fsp3) is 0.385. The summed E-state index contributed by atoms with van der Waals surface area (Å²) in [6.07, 6.45) is 5.12. The number of H-pyrrole nitrogens is 1. The number of nitrogens with one attached hydrogen (secondary N) is 2. The third kappa shape index (κ3) is 1.95. The number of carbonyl (C=O) groups excluding carboxylic acids is 1. The van der Waals surface area contributed by atoms with E-state index in [1.54, 1.807) is 6.33 Å². The van der Waals surface area contributed by atoms with Crippen LogP contribution in [-0.4, -0.2) is 25.7 Å². The molecule has 2 aromatic rings. The summed E-state index contributed by atoms with van der Waals surface area (Å²) >= 11 is 0. The molecule has 0 saturated carbocycles. The van der Waals surface area contributed by atoms with Crippen LogP contribution in [0.15, 0.2) is 12.5 Å². The van der Waals surface area contributed by atoms with E-state index in [0.717, 1.165) is 18.5 Å². The van der Waals surface area contributed by atoms with Gasteiger partial charge >= 0.3 is 0 Å². The van der Waals surface area contributed by atoms with E-state index in [-0.39, 0.29) is 18.4 Å². The van der Waals surface area contributed by atoms with E-state index in [9.17, 15) is 4.79 Å². The van der Waals surface area contributed by atoms with Crippen molar-refractivity contribution in [3.05, 3.63) is 35.2 Å². The Bertz CT molecular complexity index is 692. The molecule has 0 unspecified atom stereocenters. The van der Waals surface area contributed by atoms with Crippen molar-refractivity contribution < 1.29 is 4.79 Å². The minimum absolute atomic E-state index is 0.0662. The van der Waals surface area contributed by atoms with Crippen LogP contribution in [0.4, 0.5) is 0 Å². The van der Waals surface area contributed by atoms with E-state index < -0.39 is 0 Å². The van der Waals surface area contributed by atoms with Crippen LogP contribution < -0.4 is 5.32 Å². The van der Waals surface area contributed by atoms with Crippen LogP contribution in [0.1, 0.15) is 39.9 Å². The SMILES string of the molecule is Cn1cnc2c1CC[C@H]2NC(=O)c1cn[nH]c1CC#N. The molecule has 0 saturated heterocycles. The lowest BCUT2D eigenvalue weighted by Gasteiger charge is -2.11. The first-order valence-electron chi connectivity index (χ1n) is 6.41. The van der Waals surface area contributed by atoms with Gasteiger partial charge in [0.05, 0.1) is 48.0 Å². The number of imidazole rings is 1. The average Bonchev–Trinajstić information content (AvgIpc) is 3.10. The van der Waals surface area contributed by atoms with Gasteiger partial charge in [-0.15, -0.1) is 0 Å². The zero-order valence-electron chi connectivity index (χ0n) is 11.1.